The van der Waals surface area contributed by atoms with E-state index in [0.717, 1.165) is 43.2 Å². The van der Waals surface area contributed by atoms with E-state index in [2.05, 4.69) is 15.3 Å². The number of rotatable bonds is 6. The predicted molar refractivity (Wildman–Crippen MR) is 107 cm³/mol. The number of thioether (sulfide) groups is 1. The molecule has 9 nitrogen and oxygen atoms in total. The van der Waals surface area contributed by atoms with Crippen LogP contribution in [0.5, 0.6) is 0 Å². The number of primary amides is 1. The number of sulfonamides is 1. The van der Waals surface area contributed by atoms with Crippen molar-refractivity contribution in [3.8, 4) is 0 Å². The Morgan fingerprint density at radius 2 is 2.00 bits per heavy atom. The Hall–Kier alpha value is -2.44. The van der Waals surface area contributed by atoms with Crippen LogP contribution in [0, 0.1) is 5.82 Å². The van der Waals surface area contributed by atoms with E-state index >= 15 is 0 Å². The fourth-order valence-electron chi connectivity index (χ4n) is 3.01. The van der Waals surface area contributed by atoms with Crippen LogP contribution in [0.1, 0.15) is 29.6 Å². The molecular weight excluding hydrogens is 421 g/mol. The van der Waals surface area contributed by atoms with E-state index in [1.807, 2.05) is 0 Å². The number of nitrogens with two attached hydrogens (primary N) is 1. The van der Waals surface area contributed by atoms with E-state index in [-0.39, 0.29) is 21.6 Å². The Balaban J connectivity index is 2.03. The van der Waals surface area contributed by atoms with Crippen molar-refractivity contribution in [1.82, 2.24) is 14.3 Å². The van der Waals surface area contributed by atoms with Crippen molar-refractivity contribution >= 4 is 39.2 Å². The first kappa shape index (κ1) is 21.3. The number of amides is 1. The summed E-state index contributed by atoms with van der Waals surface area (Å²) < 4.78 is 41.5. The standard InChI is InChI=1S/C17H20FN5O4S2/c1-28-17-21-15(13(14(19)24)16(25)22-17)20-12-9-10(5-6-11(12)18)29(26,27)23-7-3-2-4-8-23/h5-6,9H,2-4,7-8H2,1H3,(H2,19,24)(H2,20,21,22,25). The van der Waals surface area contributed by atoms with Gasteiger partial charge in [0.2, 0.25) is 10.0 Å². The van der Waals surface area contributed by atoms with Gasteiger partial charge in [-0.2, -0.15) is 4.31 Å². The number of benzene rings is 1. The van der Waals surface area contributed by atoms with Gasteiger partial charge in [0.15, 0.2) is 11.0 Å². The molecule has 2 aromatic rings. The molecule has 0 unspecified atom stereocenters. The molecule has 12 heteroatoms. The molecule has 0 aliphatic carbocycles. The molecule has 1 aliphatic heterocycles. The van der Waals surface area contributed by atoms with Crippen molar-refractivity contribution in [3.63, 3.8) is 0 Å². The van der Waals surface area contributed by atoms with Crippen LogP contribution in [0.3, 0.4) is 0 Å². The van der Waals surface area contributed by atoms with Crippen LogP contribution in [0.2, 0.25) is 0 Å². The molecule has 1 saturated heterocycles. The fourth-order valence-corrected chi connectivity index (χ4v) is 4.93. The van der Waals surface area contributed by atoms with Gasteiger partial charge in [-0.15, -0.1) is 0 Å². The zero-order valence-corrected chi connectivity index (χ0v) is 17.2. The van der Waals surface area contributed by atoms with E-state index in [9.17, 15) is 22.4 Å². The van der Waals surface area contributed by atoms with Gasteiger partial charge in [0.05, 0.1) is 10.6 Å². The van der Waals surface area contributed by atoms with Crippen LogP contribution in [0.25, 0.3) is 0 Å². The van der Waals surface area contributed by atoms with Gasteiger partial charge < -0.3 is 16.0 Å². The van der Waals surface area contributed by atoms with E-state index in [4.69, 9.17) is 5.73 Å². The number of halogens is 1. The largest absolute Gasteiger partial charge is 0.365 e. The second-order valence-corrected chi connectivity index (χ2v) is 9.13. The third-order valence-electron chi connectivity index (χ3n) is 4.48. The molecule has 2 heterocycles. The predicted octanol–water partition coefficient (Wildman–Crippen LogP) is 1.65. The number of hydrogen-bond acceptors (Lipinski definition) is 7. The molecule has 0 atom stereocenters. The van der Waals surface area contributed by atoms with Crippen LogP contribution in [0.15, 0.2) is 33.0 Å². The number of carbonyl (C=O) groups is 1. The average molecular weight is 442 g/mol. The maximum atomic E-state index is 14.4. The lowest BCUT2D eigenvalue weighted by Crippen LogP contribution is -2.35. The van der Waals surface area contributed by atoms with Crippen LogP contribution in [0.4, 0.5) is 15.9 Å². The molecule has 0 spiro atoms. The van der Waals surface area contributed by atoms with Crippen molar-refractivity contribution < 1.29 is 17.6 Å². The lowest BCUT2D eigenvalue weighted by atomic mass is 10.2. The third-order valence-corrected chi connectivity index (χ3v) is 6.96. The van der Waals surface area contributed by atoms with Gasteiger partial charge in [-0.1, -0.05) is 18.2 Å². The van der Waals surface area contributed by atoms with Gasteiger partial charge in [0, 0.05) is 13.1 Å². The summed E-state index contributed by atoms with van der Waals surface area (Å²) >= 11 is 1.10. The summed E-state index contributed by atoms with van der Waals surface area (Å²) in [6, 6.07) is 3.30. The SMILES string of the molecule is CSc1nc(Nc2cc(S(=O)(=O)N3CCCCC3)ccc2F)c(C(N)=O)c(=O)[nH]1. The van der Waals surface area contributed by atoms with Gasteiger partial charge in [-0.25, -0.2) is 17.8 Å². The van der Waals surface area contributed by atoms with Crippen LogP contribution >= 0.6 is 11.8 Å². The Kier molecular flexibility index (Phi) is 6.24. The molecule has 0 radical (unpaired) electrons. The topological polar surface area (TPSA) is 138 Å². The van der Waals surface area contributed by atoms with E-state index < -0.39 is 32.9 Å². The number of carbonyl (C=O) groups excluding carboxylic acids is 1. The molecule has 1 aromatic heterocycles. The molecule has 1 fully saturated rings. The Labute approximate surface area is 170 Å². The number of nitrogens with one attached hydrogen (secondary N) is 2. The Morgan fingerprint density at radius 3 is 2.62 bits per heavy atom. The summed E-state index contributed by atoms with van der Waals surface area (Å²) in [5, 5.41) is 2.73. The first-order valence-corrected chi connectivity index (χ1v) is 11.5. The zero-order valence-electron chi connectivity index (χ0n) is 15.6. The number of piperidine rings is 1. The monoisotopic (exact) mass is 441 g/mol. The molecule has 29 heavy (non-hydrogen) atoms. The second kappa shape index (κ2) is 8.51. The second-order valence-electron chi connectivity index (χ2n) is 6.39. The van der Waals surface area contributed by atoms with Gasteiger partial charge >= 0.3 is 0 Å². The molecule has 0 bridgehead atoms. The number of nitrogens with zero attached hydrogens (tertiary/aromatic N) is 2. The lowest BCUT2D eigenvalue weighted by molar-refractivity contribution is 0.0999. The number of anilines is 2. The maximum Gasteiger partial charge on any atom is 0.266 e. The van der Waals surface area contributed by atoms with Gasteiger partial charge in [-0.05, 0) is 37.3 Å². The number of aromatic nitrogens is 2. The minimum Gasteiger partial charge on any atom is -0.365 e. The molecule has 1 aliphatic rings. The summed E-state index contributed by atoms with van der Waals surface area (Å²) in [4.78, 5) is 30.1. The fraction of sp³-hybridized carbons (Fsp3) is 0.353. The van der Waals surface area contributed by atoms with E-state index in [0.29, 0.717) is 13.1 Å². The summed E-state index contributed by atoms with van der Waals surface area (Å²) in [6.07, 6.45) is 4.14. The number of hydrogen-bond donors (Lipinski definition) is 3. The first-order chi connectivity index (χ1) is 13.7. The smallest absolute Gasteiger partial charge is 0.266 e. The quantitative estimate of drug-likeness (QED) is 0.458. The van der Waals surface area contributed by atoms with Crippen molar-refractivity contribution in [2.24, 2.45) is 5.73 Å². The third kappa shape index (κ3) is 4.43. The summed E-state index contributed by atoms with van der Waals surface area (Å²) in [7, 11) is -3.80. The lowest BCUT2D eigenvalue weighted by Gasteiger charge is -2.26. The maximum absolute atomic E-state index is 14.4. The van der Waals surface area contributed by atoms with Crippen LogP contribution < -0.4 is 16.6 Å². The highest BCUT2D eigenvalue weighted by Gasteiger charge is 2.27. The van der Waals surface area contributed by atoms with Crippen molar-refractivity contribution in [3.05, 3.63) is 39.9 Å². The molecular formula is C17H20FN5O4S2. The average Bonchev–Trinajstić information content (AvgIpc) is 2.69. The van der Waals surface area contributed by atoms with E-state index in [1.165, 1.54) is 10.4 Å². The van der Waals surface area contributed by atoms with Gasteiger partial charge in [0.1, 0.15) is 11.4 Å². The van der Waals surface area contributed by atoms with Gasteiger partial charge in [0.25, 0.3) is 11.5 Å². The van der Waals surface area contributed by atoms with E-state index in [1.54, 1.807) is 6.26 Å². The van der Waals surface area contributed by atoms with Gasteiger partial charge in [-0.3, -0.25) is 9.59 Å². The van der Waals surface area contributed by atoms with Crippen molar-refractivity contribution in [1.29, 1.82) is 0 Å². The highest BCUT2D eigenvalue weighted by atomic mass is 32.2. The molecule has 4 N–H and O–H groups in total. The van der Waals surface area contributed by atoms with Crippen molar-refractivity contribution in [2.45, 2.75) is 29.3 Å². The zero-order chi connectivity index (χ0) is 21.2. The molecule has 1 amide bonds. The molecule has 3 rings (SSSR count). The summed E-state index contributed by atoms with van der Waals surface area (Å²) in [5.41, 5.74) is 3.75. The Bertz CT molecular complexity index is 1100. The Morgan fingerprint density at radius 1 is 1.31 bits per heavy atom. The molecule has 1 aromatic carbocycles. The minimum atomic E-state index is -3.80. The van der Waals surface area contributed by atoms with Crippen molar-refractivity contribution in [2.75, 3.05) is 24.7 Å². The highest BCUT2D eigenvalue weighted by Crippen LogP contribution is 2.27. The summed E-state index contributed by atoms with van der Waals surface area (Å²) in [6.45, 7) is 0.808. The number of H-pyrrole nitrogens is 1. The number of aromatic amines is 1. The first-order valence-electron chi connectivity index (χ1n) is 8.79. The minimum absolute atomic E-state index is 0.0983. The normalized spacial score (nSPS) is 15.2. The van der Waals surface area contributed by atoms with Crippen LogP contribution in [-0.4, -0.2) is 47.9 Å². The molecule has 156 valence electrons. The van der Waals surface area contributed by atoms with Crippen LogP contribution in [-0.2, 0) is 10.0 Å². The summed E-state index contributed by atoms with van der Waals surface area (Å²) in [5.74, 6) is -2.07. The molecule has 0 saturated carbocycles. The highest BCUT2D eigenvalue weighted by molar-refractivity contribution is 7.98.